The summed E-state index contributed by atoms with van der Waals surface area (Å²) in [6.07, 6.45) is -22.7. The van der Waals surface area contributed by atoms with E-state index in [4.69, 9.17) is 23.7 Å². The molecule has 0 aliphatic carbocycles. The maximum Gasteiger partial charge on any atom is 0.184 e. The van der Waals surface area contributed by atoms with Gasteiger partial charge in [-0.05, 0) is 0 Å². The van der Waals surface area contributed by atoms with E-state index >= 15 is 0 Å². The first-order chi connectivity index (χ1) is 15.1. The minimum Gasteiger partial charge on any atom is -0.394 e. The summed E-state index contributed by atoms with van der Waals surface area (Å²) in [5.41, 5.74) is 0. The summed E-state index contributed by atoms with van der Waals surface area (Å²) in [6, 6.07) is 0. The van der Waals surface area contributed by atoms with Gasteiger partial charge in [0.25, 0.3) is 0 Å². The van der Waals surface area contributed by atoms with Crippen LogP contribution in [0.15, 0.2) is 0 Å². The van der Waals surface area contributed by atoms with Crippen molar-refractivity contribution in [2.75, 3.05) is 19.8 Å². The van der Waals surface area contributed by atoms with E-state index in [1.165, 1.54) is 0 Å². The van der Waals surface area contributed by atoms with Crippen molar-refractivity contribution in [3.8, 4) is 0 Å². The molecule has 0 amide bonds. The molecule has 0 saturated carbocycles. The molecular formula is C17H30O15. The van der Waals surface area contributed by atoms with Crippen LogP contribution in [0.4, 0.5) is 0 Å². The molecule has 14 atom stereocenters. The molecule has 15 nitrogen and oxygen atoms in total. The molecule has 0 spiro atoms. The topological polar surface area (TPSA) is 248 Å². The average molecular weight is 474 g/mol. The van der Waals surface area contributed by atoms with Crippen molar-refractivity contribution in [1.82, 2.24) is 0 Å². The second kappa shape index (κ2) is 10.8. The van der Waals surface area contributed by atoms with Gasteiger partial charge in [0.05, 0.1) is 19.8 Å². The van der Waals surface area contributed by atoms with Gasteiger partial charge in [-0.25, -0.2) is 0 Å². The first-order valence-corrected chi connectivity index (χ1v) is 10.00. The Hall–Kier alpha value is -0.600. The highest BCUT2D eigenvalue weighted by Gasteiger charge is 2.51. The zero-order valence-electron chi connectivity index (χ0n) is 16.7. The number of hydrogen-bond acceptors (Lipinski definition) is 15. The van der Waals surface area contributed by atoms with Crippen molar-refractivity contribution < 1.29 is 74.7 Å². The van der Waals surface area contributed by atoms with Crippen LogP contribution in [0.5, 0.6) is 0 Å². The minimum absolute atomic E-state index is 0.445. The smallest absolute Gasteiger partial charge is 0.184 e. The first-order valence-electron chi connectivity index (χ1n) is 10.00. The SMILES string of the molecule is OCC1OC(O)C(O)C(OC2COC(O)C(OC3C(O)C(O)OC(CO)C3O)C2O)C1O. The molecule has 0 aromatic carbocycles. The van der Waals surface area contributed by atoms with Crippen LogP contribution in [0, 0.1) is 0 Å². The molecule has 10 N–H and O–H groups in total. The second-order valence-corrected chi connectivity index (χ2v) is 7.88. The minimum atomic E-state index is -1.84. The molecule has 3 aliphatic heterocycles. The summed E-state index contributed by atoms with van der Waals surface area (Å²) >= 11 is 0. The van der Waals surface area contributed by atoms with E-state index in [1.807, 2.05) is 0 Å². The summed E-state index contributed by atoms with van der Waals surface area (Å²) in [7, 11) is 0. The van der Waals surface area contributed by atoms with E-state index in [-0.39, 0.29) is 0 Å². The van der Waals surface area contributed by atoms with Gasteiger partial charge in [0.15, 0.2) is 18.9 Å². The van der Waals surface area contributed by atoms with Crippen molar-refractivity contribution in [3.63, 3.8) is 0 Å². The Kier molecular flexibility index (Phi) is 8.75. The van der Waals surface area contributed by atoms with E-state index in [2.05, 4.69) is 0 Å². The van der Waals surface area contributed by atoms with Gasteiger partial charge in [0.1, 0.15) is 67.1 Å². The van der Waals surface area contributed by atoms with Crippen LogP contribution < -0.4 is 0 Å². The van der Waals surface area contributed by atoms with E-state index in [0.29, 0.717) is 0 Å². The fraction of sp³-hybridized carbons (Fsp3) is 1.00. The highest BCUT2D eigenvalue weighted by atomic mass is 16.7. The fourth-order valence-corrected chi connectivity index (χ4v) is 3.87. The second-order valence-electron chi connectivity index (χ2n) is 7.88. The van der Waals surface area contributed by atoms with E-state index in [0.717, 1.165) is 0 Å². The number of aliphatic hydroxyl groups is 10. The summed E-state index contributed by atoms with van der Waals surface area (Å²) in [6.45, 7) is -1.87. The maximum absolute atomic E-state index is 10.7. The Balaban J connectivity index is 1.72. The van der Waals surface area contributed by atoms with Crippen molar-refractivity contribution in [1.29, 1.82) is 0 Å². The quantitative estimate of drug-likeness (QED) is 0.172. The molecule has 3 aliphatic rings. The third-order valence-electron chi connectivity index (χ3n) is 5.76. The van der Waals surface area contributed by atoms with Crippen LogP contribution in [-0.4, -0.2) is 157 Å². The lowest BCUT2D eigenvalue weighted by Crippen LogP contribution is -2.65. The van der Waals surface area contributed by atoms with Crippen molar-refractivity contribution in [2.24, 2.45) is 0 Å². The largest absolute Gasteiger partial charge is 0.394 e. The standard InChI is InChI=1S/C17H30O15/c18-1-4-7(20)12(10(23)15(25)30-4)29-6-3-28-17(27)14(9(6)22)32-13-8(21)5(2-19)31-16(26)11(13)24/h4-27H,1-3H2. The summed E-state index contributed by atoms with van der Waals surface area (Å²) in [5, 5.41) is 99.5. The van der Waals surface area contributed by atoms with Crippen LogP contribution in [0.3, 0.4) is 0 Å². The fourth-order valence-electron chi connectivity index (χ4n) is 3.87. The van der Waals surface area contributed by atoms with E-state index in [1.54, 1.807) is 0 Å². The summed E-state index contributed by atoms with van der Waals surface area (Å²) in [4.78, 5) is 0. The Morgan fingerprint density at radius 2 is 1.03 bits per heavy atom. The molecule has 0 radical (unpaired) electrons. The molecule has 3 rings (SSSR count). The number of ether oxygens (including phenoxy) is 5. The van der Waals surface area contributed by atoms with Crippen LogP contribution in [0.1, 0.15) is 0 Å². The zero-order valence-corrected chi connectivity index (χ0v) is 16.7. The molecule has 15 heteroatoms. The monoisotopic (exact) mass is 474 g/mol. The van der Waals surface area contributed by atoms with Crippen LogP contribution >= 0.6 is 0 Å². The number of rotatable bonds is 6. The van der Waals surface area contributed by atoms with Gasteiger partial charge < -0.3 is 74.7 Å². The average Bonchev–Trinajstić information content (AvgIpc) is 2.77. The Labute approximate surface area is 181 Å². The van der Waals surface area contributed by atoms with Crippen molar-refractivity contribution in [3.05, 3.63) is 0 Å². The predicted molar refractivity (Wildman–Crippen MR) is 95.2 cm³/mol. The lowest BCUT2D eigenvalue weighted by atomic mass is 9.96. The Morgan fingerprint density at radius 1 is 0.562 bits per heavy atom. The van der Waals surface area contributed by atoms with E-state index in [9.17, 15) is 51.1 Å². The third-order valence-corrected chi connectivity index (χ3v) is 5.76. The van der Waals surface area contributed by atoms with Crippen molar-refractivity contribution >= 4 is 0 Å². The van der Waals surface area contributed by atoms with Crippen LogP contribution in [0.25, 0.3) is 0 Å². The van der Waals surface area contributed by atoms with Crippen LogP contribution in [-0.2, 0) is 23.7 Å². The third kappa shape index (κ3) is 5.07. The molecule has 32 heavy (non-hydrogen) atoms. The predicted octanol–water partition coefficient (Wildman–Crippen LogP) is -6.93. The van der Waals surface area contributed by atoms with Gasteiger partial charge >= 0.3 is 0 Å². The molecule has 0 bridgehead atoms. The lowest BCUT2D eigenvalue weighted by Gasteiger charge is -2.46. The van der Waals surface area contributed by atoms with Gasteiger partial charge in [-0.1, -0.05) is 0 Å². The van der Waals surface area contributed by atoms with Gasteiger partial charge in [-0.2, -0.15) is 0 Å². The van der Waals surface area contributed by atoms with E-state index < -0.39 is 106 Å². The molecule has 3 fully saturated rings. The molecule has 3 saturated heterocycles. The van der Waals surface area contributed by atoms with Crippen molar-refractivity contribution in [2.45, 2.75) is 86.0 Å². The number of aliphatic hydroxyl groups excluding tert-OH is 10. The molecule has 0 aromatic heterocycles. The first kappa shape index (κ1) is 26.0. The summed E-state index contributed by atoms with van der Waals surface area (Å²) in [5.74, 6) is 0. The Morgan fingerprint density at radius 3 is 1.50 bits per heavy atom. The normalized spacial score (nSPS) is 52.7. The van der Waals surface area contributed by atoms with Crippen LogP contribution in [0.2, 0.25) is 0 Å². The zero-order chi connectivity index (χ0) is 23.7. The Bertz CT molecular complexity index is 596. The highest BCUT2D eigenvalue weighted by molar-refractivity contribution is 4.95. The molecule has 14 unspecified atom stereocenters. The lowest BCUT2D eigenvalue weighted by molar-refractivity contribution is -0.347. The van der Waals surface area contributed by atoms with Gasteiger partial charge in [0, 0.05) is 0 Å². The van der Waals surface area contributed by atoms with Gasteiger partial charge in [-0.3, -0.25) is 0 Å². The highest BCUT2D eigenvalue weighted by Crippen LogP contribution is 2.30. The van der Waals surface area contributed by atoms with Gasteiger partial charge in [0.2, 0.25) is 0 Å². The number of hydrogen-bond donors (Lipinski definition) is 10. The molecular weight excluding hydrogens is 444 g/mol. The molecule has 3 heterocycles. The molecule has 0 aromatic rings. The summed E-state index contributed by atoms with van der Waals surface area (Å²) < 4.78 is 25.7. The molecule has 188 valence electrons. The maximum atomic E-state index is 10.7. The van der Waals surface area contributed by atoms with Gasteiger partial charge in [-0.15, -0.1) is 0 Å².